The highest BCUT2D eigenvalue weighted by Gasteiger charge is 2.31. The van der Waals surface area contributed by atoms with Crippen molar-refractivity contribution in [1.82, 2.24) is 24.9 Å². The second-order valence-corrected chi connectivity index (χ2v) is 9.64. The smallest absolute Gasteiger partial charge is 0.290 e. The lowest BCUT2D eigenvalue weighted by atomic mass is 9.94. The number of hydrogen-bond acceptors (Lipinski definition) is 6. The van der Waals surface area contributed by atoms with Crippen molar-refractivity contribution in [3.8, 4) is 0 Å². The Hall–Kier alpha value is -2.10. The molecule has 8 nitrogen and oxygen atoms in total. The van der Waals surface area contributed by atoms with Crippen LogP contribution in [0.5, 0.6) is 0 Å². The topological polar surface area (TPSA) is 85.9 Å². The van der Waals surface area contributed by atoms with Crippen LogP contribution in [0.2, 0.25) is 0 Å². The van der Waals surface area contributed by atoms with Gasteiger partial charge in [0.05, 0.1) is 37.2 Å². The molecule has 0 aromatic carbocycles. The number of hydrogen-bond donors (Lipinski definition) is 2. The van der Waals surface area contributed by atoms with Gasteiger partial charge in [-0.15, -0.1) is 16.4 Å². The molecule has 1 aliphatic rings. The lowest BCUT2D eigenvalue weighted by Crippen LogP contribution is -3.11. The van der Waals surface area contributed by atoms with Crippen LogP contribution in [0.25, 0.3) is 15.9 Å². The summed E-state index contributed by atoms with van der Waals surface area (Å²) in [5.74, 6) is 0.704. The molecule has 3 aromatic rings. The fourth-order valence-electron chi connectivity index (χ4n) is 4.06. The first-order valence-corrected chi connectivity index (χ1v) is 11.6. The first kappa shape index (κ1) is 21.1. The Labute approximate surface area is 180 Å². The van der Waals surface area contributed by atoms with Crippen LogP contribution >= 0.6 is 11.3 Å². The van der Waals surface area contributed by atoms with Crippen molar-refractivity contribution in [3.05, 3.63) is 22.1 Å². The number of thiophene rings is 1. The van der Waals surface area contributed by atoms with Gasteiger partial charge in [0.2, 0.25) is 5.82 Å². The molecule has 0 spiro atoms. The van der Waals surface area contributed by atoms with Crippen molar-refractivity contribution in [2.75, 3.05) is 26.2 Å². The van der Waals surface area contributed by atoms with E-state index in [1.807, 2.05) is 6.92 Å². The van der Waals surface area contributed by atoms with Gasteiger partial charge in [0.15, 0.2) is 5.65 Å². The standard InChI is InChI=1S/C21H30N6O2S/c1-6-26(7-2)10-8-9-22-19(28)17-24-18-16-14-11-21(4,5)29-12-15(14)30-20(16)23-13(3)27(18)25-17/h6-12H2,1-5H3,(H,22,28)/p+1. The van der Waals surface area contributed by atoms with Crippen LogP contribution in [0.4, 0.5) is 0 Å². The summed E-state index contributed by atoms with van der Waals surface area (Å²) in [5.41, 5.74) is 1.71. The SMILES string of the molecule is CC[NH+](CC)CCCNC(=O)c1nc2c3c4c(sc3nc(C)n2n1)COC(C)(C)C4. The summed E-state index contributed by atoms with van der Waals surface area (Å²) in [4.78, 5) is 25.7. The highest BCUT2D eigenvalue weighted by molar-refractivity contribution is 7.19. The second-order valence-electron chi connectivity index (χ2n) is 8.56. The number of aromatic nitrogens is 4. The first-order valence-electron chi connectivity index (χ1n) is 10.8. The van der Waals surface area contributed by atoms with Crippen LogP contribution in [-0.2, 0) is 17.8 Å². The quantitative estimate of drug-likeness (QED) is 0.555. The van der Waals surface area contributed by atoms with Crippen molar-refractivity contribution in [3.63, 3.8) is 0 Å². The van der Waals surface area contributed by atoms with Crippen LogP contribution in [0.15, 0.2) is 0 Å². The lowest BCUT2D eigenvalue weighted by molar-refractivity contribution is -0.896. The average Bonchev–Trinajstić information content (AvgIpc) is 3.29. The molecule has 0 atom stereocenters. The number of ether oxygens (including phenoxy) is 1. The van der Waals surface area contributed by atoms with E-state index in [-0.39, 0.29) is 17.3 Å². The molecule has 0 unspecified atom stereocenters. The summed E-state index contributed by atoms with van der Waals surface area (Å²) in [7, 11) is 0. The van der Waals surface area contributed by atoms with Crippen molar-refractivity contribution in [1.29, 1.82) is 0 Å². The third kappa shape index (κ3) is 3.93. The number of carbonyl (C=O) groups is 1. The number of nitrogens with zero attached hydrogens (tertiary/aromatic N) is 4. The summed E-state index contributed by atoms with van der Waals surface area (Å²) in [5, 5.41) is 8.45. The van der Waals surface area contributed by atoms with E-state index in [0.29, 0.717) is 18.8 Å². The number of aryl methyl sites for hydroxylation is 1. The zero-order valence-electron chi connectivity index (χ0n) is 18.5. The molecule has 3 aromatic heterocycles. The maximum absolute atomic E-state index is 12.7. The molecule has 0 fully saturated rings. The number of carbonyl (C=O) groups excluding carboxylic acids is 1. The first-order chi connectivity index (χ1) is 14.3. The predicted molar refractivity (Wildman–Crippen MR) is 117 cm³/mol. The molecule has 1 amide bonds. The Morgan fingerprint density at radius 1 is 1.30 bits per heavy atom. The predicted octanol–water partition coefficient (Wildman–Crippen LogP) is 1.54. The van der Waals surface area contributed by atoms with E-state index < -0.39 is 0 Å². The van der Waals surface area contributed by atoms with Gasteiger partial charge in [-0.2, -0.15) is 4.52 Å². The summed E-state index contributed by atoms with van der Waals surface area (Å²) >= 11 is 1.65. The average molecular weight is 432 g/mol. The maximum Gasteiger partial charge on any atom is 0.290 e. The van der Waals surface area contributed by atoms with Gasteiger partial charge in [0.25, 0.3) is 5.91 Å². The molecule has 0 saturated heterocycles. The normalized spacial score (nSPS) is 15.8. The van der Waals surface area contributed by atoms with Crippen LogP contribution in [0.3, 0.4) is 0 Å². The zero-order chi connectivity index (χ0) is 21.5. The van der Waals surface area contributed by atoms with Crippen LogP contribution in [0.1, 0.15) is 61.0 Å². The van der Waals surface area contributed by atoms with Crippen molar-refractivity contribution < 1.29 is 14.4 Å². The van der Waals surface area contributed by atoms with Gasteiger partial charge in [-0.3, -0.25) is 4.79 Å². The number of fused-ring (bicyclic) bond motifs is 5. The van der Waals surface area contributed by atoms with Crippen LogP contribution in [0, 0.1) is 6.92 Å². The molecule has 9 heteroatoms. The monoisotopic (exact) mass is 431 g/mol. The summed E-state index contributed by atoms with van der Waals surface area (Å²) < 4.78 is 7.67. The van der Waals surface area contributed by atoms with Gasteiger partial charge >= 0.3 is 0 Å². The minimum Gasteiger partial charge on any atom is -0.370 e. The van der Waals surface area contributed by atoms with E-state index >= 15 is 0 Å². The Bertz CT molecular complexity index is 1080. The highest BCUT2D eigenvalue weighted by Crippen LogP contribution is 2.39. The molecule has 4 rings (SSSR count). The largest absolute Gasteiger partial charge is 0.370 e. The van der Waals surface area contributed by atoms with Gasteiger partial charge in [-0.25, -0.2) is 9.97 Å². The maximum atomic E-state index is 12.7. The fraction of sp³-hybridized carbons (Fsp3) is 0.619. The summed E-state index contributed by atoms with van der Waals surface area (Å²) in [6.45, 7) is 14.9. The molecular formula is C21H31N6O2S+. The van der Waals surface area contributed by atoms with E-state index in [1.54, 1.807) is 15.9 Å². The van der Waals surface area contributed by atoms with Crippen molar-refractivity contribution >= 4 is 33.1 Å². The molecule has 1 aliphatic heterocycles. The molecule has 0 radical (unpaired) electrons. The van der Waals surface area contributed by atoms with E-state index in [1.165, 1.54) is 15.3 Å². The fourth-order valence-corrected chi connectivity index (χ4v) is 5.20. The van der Waals surface area contributed by atoms with Crippen LogP contribution in [-0.4, -0.2) is 57.3 Å². The Balaban J connectivity index is 1.60. The van der Waals surface area contributed by atoms with Crippen molar-refractivity contribution in [2.45, 2.75) is 59.7 Å². The van der Waals surface area contributed by atoms with Crippen molar-refractivity contribution in [2.24, 2.45) is 0 Å². The molecule has 0 bridgehead atoms. The molecule has 162 valence electrons. The number of quaternary nitrogens is 1. The zero-order valence-corrected chi connectivity index (χ0v) is 19.3. The van der Waals surface area contributed by atoms with Gasteiger partial charge < -0.3 is 15.0 Å². The third-order valence-corrected chi connectivity index (χ3v) is 6.96. The minimum atomic E-state index is -0.228. The number of amides is 1. The van der Waals surface area contributed by atoms with E-state index in [0.717, 1.165) is 48.5 Å². The lowest BCUT2D eigenvalue weighted by Gasteiger charge is -2.30. The van der Waals surface area contributed by atoms with Gasteiger partial charge in [-0.1, -0.05) is 0 Å². The number of rotatable bonds is 7. The molecular weight excluding hydrogens is 400 g/mol. The molecule has 4 heterocycles. The Morgan fingerprint density at radius 3 is 2.80 bits per heavy atom. The summed E-state index contributed by atoms with van der Waals surface area (Å²) in [6.07, 6.45) is 1.74. The third-order valence-electron chi connectivity index (χ3n) is 5.86. The van der Waals surface area contributed by atoms with Crippen LogP contribution < -0.4 is 10.2 Å². The van der Waals surface area contributed by atoms with Gasteiger partial charge in [0, 0.05) is 24.3 Å². The van der Waals surface area contributed by atoms with E-state index in [9.17, 15) is 4.79 Å². The highest BCUT2D eigenvalue weighted by atomic mass is 32.1. The molecule has 2 N–H and O–H groups in total. The van der Waals surface area contributed by atoms with E-state index in [4.69, 9.17) is 9.72 Å². The molecule has 0 aliphatic carbocycles. The van der Waals surface area contributed by atoms with Gasteiger partial charge in [0.1, 0.15) is 10.7 Å². The second kappa shape index (κ2) is 8.20. The summed E-state index contributed by atoms with van der Waals surface area (Å²) in [6, 6.07) is 0. The molecule has 30 heavy (non-hydrogen) atoms. The molecule has 0 saturated carbocycles. The minimum absolute atomic E-state index is 0.203. The van der Waals surface area contributed by atoms with E-state index in [2.05, 4.69) is 43.1 Å². The Morgan fingerprint density at radius 2 is 2.07 bits per heavy atom. The Kier molecular flexibility index (Phi) is 5.78. The number of nitrogens with one attached hydrogen (secondary N) is 2. The van der Waals surface area contributed by atoms with Gasteiger partial charge in [-0.05, 0) is 40.2 Å².